The molecule has 3 N–H and O–H groups in total. The molecule has 2 heterocycles. The molecule has 0 spiro atoms. The summed E-state index contributed by atoms with van der Waals surface area (Å²) in [4.78, 5) is 24.8. The van der Waals surface area contributed by atoms with Gasteiger partial charge in [0.25, 0.3) is 0 Å². The number of anilines is 6. The van der Waals surface area contributed by atoms with Crippen LogP contribution in [0.25, 0.3) is 0 Å². The van der Waals surface area contributed by atoms with Crippen LogP contribution >= 0.6 is 11.6 Å². The molecule has 0 aliphatic carbocycles. The van der Waals surface area contributed by atoms with Crippen molar-refractivity contribution in [3.05, 3.63) is 60.3 Å². The van der Waals surface area contributed by atoms with Gasteiger partial charge >= 0.3 is 6.36 Å². The van der Waals surface area contributed by atoms with Gasteiger partial charge in [-0.05, 0) is 44.7 Å². The van der Waals surface area contributed by atoms with Crippen LogP contribution in [0.1, 0.15) is 20.8 Å². The van der Waals surface area contributed by atoms with Crippen molar-refractivity contribution in [2.24, 2.45) is 0 Å². The fourth-order valence-electron chi connectivity index (χ4n) is 4.56. The minimum atomic E-state index is -5.04. The van der Waals surface area contributed by atoms with E-state index >= 15 is 0 Å². The lowest BCUT2D eigenvalue weighted by Crippen LogP contribution is -2.46. The summed E-state index contributed by atoms with van der Waals surface area (Å²) >= 11 is 6.32. The maximum Gasteiger partial charge on any atom is 0.573 e. The average Bonchev–Trinajstić information content (AvgIpc) is 2.99. The van der Waals surface area contributed by atoms with Crippen molar-refractivity contribution in [3.8, 4) is 5.75 Å². The largest absolute Gasteiger partial charge is 0.573 e. The Morgan fingerprint density at radius 3 is 2.42 bits per heavy atom. The fraction of sp³-hybridized carbons (Fsp3) is 0.345. The molecule has 242 valence electrons. The van der Waals surface area contributed by atoms with E-state index in [4.69, 9.17) is 11.6 Å². The zero-order valence-corrected chi connectivity index (χ0v) is 26.4. The number of hydrogen-bond acceptors (Lipinski definition) is 10. The number of halogens is 4. The molecule has 1 saturated heterocycles. The van der Waals surface area contributed by atoms with Crippen LogP contribution in [-0.2, 0) is 14.6 Å². The maximum atomic E-state index is 13.6. The lowest BCUT2D eigenvalue weighted by atomic mass is 10.1. The molecule has 1 aliphatic heterocycles. The number of likely N-dealkylation sites (N-methyl/N-ethyl adjacent to an activating group) is 1. The molecule has 0 saturated carbocycles. The van der Waals surface area contributed by atoms with E-state index in [0.717, 1.165) is 12.6 Å². The van der Waals surface area contributed by atoms with Crippen molar-refractivity contribution in [1.82, 2.24) is 14.9 Å². The third-order valence-corrected chi connectivity index (χ3v) is 9.47. The molecule has 2 aromatic carbocycles. The molecule has 16 heteroatoms. The number of nitrogens with one attached hydrogen (secondary N) is 3. The van der Waals surface area contributed by atoms with Crippen LogP contribution in [0.15, 0.2) is 60.1 Å². The van der Waals surface area contributed by atoms with Crippen molar-refractivity contribution in [2.75, 3.05) is 53.6 Å². The molecule has 3 aromatic rings. The molecule has 45 heavy (non-hydrogen) atoms. The Labute approximate surface area is 264 Å². The SMILES string of the molecule is C=CC(=O)Nc1cc(Nc2ncc(Cl)c(Nc3ccccc3S(=O)(=O)C(C)C)n2)c(OC(F)(F)F)cc1N1CCN(CC)CC1. The number of ether oxygens (including phenoxy) is 1. The number of piperazine rings is 1. The van der Waals surface area contributed by atoms with E-state index in [2.05, 4.69) is 42.1 Å². The number of alkyl halides is 3. The van der Waals surface area contributed by atoms with Crippen molar-refractivity contribution in [3.63, 3.8) is 0 Å². The summed E-state index contributed by atoms with van der Waals surface area (Å²) < 4.78 is 71.0. The number of rotatable bonds is 11. The molecule has 11 nitrogen and oxygen atoms in total. The topological polar surface area (TPSA) is 129 Å². The second-order valence-corrected chi connectivity index (χ2v) is 13.1. The summed E-state index contributed by atoms with van der Waals surface area (Å²) in [6.07, 6.45) is -2.80. The van der Waals surface area contributed by atoms with Gasteiger partial charge in [0.05, 0.1) is 39.1 Å². The number of para-hydroxylation sites is 1. The highest BCUT2D eigenvalue weighted by atomic mass is 35.5. The normalized spacial score (nSPS) is 14.3. The lowest BCUT2D eigenvalue weighted by Gasteiger charge is -2.36. The summed E-state index contributed by atoms with van der Waals surface area (Å²) in [6.45, 7) is 11.8. The Balaban J connectivity index is 1.75. The zero-order chi connectivity index (χ0) is 32.9. The van der Waals surface area contributed by atoms with E-state index < -0.39 is 33.1 Å². The number of nitrogens with zero attached hydrogens (tertiary/aromatic N) is 4. The Bertz CT molecular complexity index is 1660. The first-order chi connectivity index (χ1) is 21.2. The fourth-order valence-corrected chi connectivity index (χ4v) is 5.90. The minimum absolute atomic E-state index is 0.00976. The highest BCUT2D eigenvalue weighted by Gasteiger charge is 2.34. The molecule has 1 aromatic heterocycles. The molecule has 4 rings (SSSR count). The maximum absolute atomic E-state index is 13.6. The second-order valence-electron chi connectivity index (χ2n) is 10.3. The molecule has 0 atom stereocenters. The third kappa shape index (κ3) is 8.35. The van der Waals surface area contributed by atoms with E-state index in [9.17, 15) is 26.4 Å². The van der Waals surface area contributed by atoms with E-state index in [-0.39, 0.29) is 38.7 Å². The van der Waals surface area contributed by atoms with Crippen molar-refractivity contribution < 1.29 is 31.1 Å². The van der Waals surface area contributed by atoms with Crippen LogP contribution in [0.3, 0.4) is 0 Å². The van der Waals surface area contributed by atoms with Crippen LogP contribution in [-0.4, -0.2) is 73.5 Å². The van der Waals surface area contributed by atoms with Crippen LogP contribution in [0.2, 0.25) is 5.02 Å². The predicted octanol–water partition coefficient (Wildman–Crippen LogP) is 5.96. The van der Waals surface area contributed by atoms with Gasteiger partial charge in [0.2, 0.25) is 11.9 Å². The van der Waals surface area contributed by atoms with Crippen LogP contribution in [0, 0.1) is 0 Å². The van der Waals surface area contributed by atoms with Crippen LogP contribution in [0.4, 0.5) is 47.7 Å². The summed E-state index contributed by atoms with van der Waals surface area (Å²) in [5.74, 6) is -1.36. The Hall–Kier alpha value is -4.08. The van der Waals surface area contributed by atoms with Crippen molar-refractivity contribution in [2.45, 2.75) is 37.3 Å². The predicted molar refractivity (Wildman–Crippen MR) is 169 cm³/mol. The van der Waals surface area contributed by atoms with E-state index in [1.165, 1.54) is 30.5 Å². The van der Waals surface area contributed by atoms with E-state index in [1.54, 1.807) is 26.0 Å². The van der Waals surface area contributed by atoms with Crippen LogP contribution < -0.4 is 25.6 Å². The minimum Gasteiger partial charge on any atom is -0.403 e. The second kappa shape index (κ2) is 13.9. The van der Waals surface area contributed by atoms with Gasteiger partial charge in [-0.3, -0.25) is 4.79 Å². The van der Waals surface area contributed by atoms with Gasteiger partial charge in [-0.2, -0.15) is 4.98 Å². The Morgan fingerprint density at radius 1 is 1.11 bits per heavy atom. The lowest BCUT2D eigenvalue weighted by molar-refractivity contribution is -0.274. The van der Waals surface area contributed by atoms with Gasteiger partial charge < -0.3 is 30.5 Å². The summed E-state index contributed by atoms with van der Waals surface area (Å²) in [7, 11) is -3.69. The summed E-state index contributed by atoms with van der Waals surface area (Å²) in [5.41, 5.74) is 0.523. The standard InChI is InChI=1S/C29H33ClF3N7O4S/c1-5-26(41)35-21-15-22(24(44-29(31,32)33)16-23(21)40-13-11-39(6-2)12-14-40)37-28-34-17-19(30)27(38-28)36-20-9-7-8-10-25(20)45(42,43)18(3)4/h5,7-10,15-18H,1,6,11-14H2,2-4H3,(H,35,41)(H2,34,36,37,38). The zero-order valence-electron chi connectivity index (χ0n) is 24.8. The monoisotopic (exact) mass is 667 g/mol. The number of carbonyl (C=O) groups excluding carboxylic acids is 1. The van der Waals surface area contributed by atoms with E-state index in [0.29, 0.717) is 31.9 Å². The first-order valence-corrected chi connectivity index (χ1v) is 15.9. The van der Waals surface area contributed by atoms with Gasteiger partial charge in [0.15, 0.2) is 21.4 Å². The van der Waals surface area contributed by atoms with Gasteiger partial charge in [0.1, 0.15) is 5.02 Å². The van der Waals surface area contributed by atoms with Crippen molar-refractivity contribution in [1.29, 1.82) is 0 Å². The number of sulfone groups is 1. The molecule has 0 bridgehead atoms. The smallest absolute Gasteiger partial charge is 0.403 e. The van der Waals surface area contributed by atoms with Gasteiger partial charge in [-0.1, -0.05) is 37.2 Å². The molecule has 1 amide bonds. The van der Waals surface area contributed by atoms with Crippen LogP contribution in [0.5, 0.6) is 5.75 Å². The summed E-state index contributed by atoms with van der Waals surface area (Å²) in [5, 5.41) is 7.59. The average molecular weight is 668 g/mol. The molecule has 0 unspecified atom stereocenters. The van der Waals surface area contributed by atoms with E-state index in [1.807, 2.05) is 11.8 Å². The molecular weight excluding hydrogens is 635 g/mol. The number of amides is 1. The Kier molecular flexibility index (Phi) is 10.5. The third-order valence-electron chi connectivity index (χ3n) is 6.98. The molecule has 1 aliphatic rings. The number of aromatic nitrogens is 2. The quantitative estimate of drug-likeness (QED) is 0.211. The molecule has 1 fully saturated rings. The number of hydrogen-bond donors (Lipinski definition) is 3. The van der Waals surface area contributed by atoms with Crippen molar-refractivity contribution >= 4 is 61.9 Å². The first kappa shape index (κ1) is 33.8. The number of carbonyl (C=O) groups is 1. The first-order valence-electron chi connectivity index (χ1n) is 14.0. The van der Waals surface area contributed by atoms with Gasteiger partial charge in [0, 0.05) is 32.2 Å². The highest BCUT2D eigenvalue weighted by molar-refractivity contribution is 7.92. The molecule has 0 radical (unpaired) electrons. The van der Waals surface area contributed by atoms with Gasteiger partial charge in [-0.15, -0.1) is 13.2 Å². The Morgan fingerprint density at radius 2 is 1.80 bits per heavy atom. The van der Waals surface area contributed by atoms with Gasteiger partial charge in [-0.25, -0.2) is 13.4 Å². The highest BCUT2D eigenvalue weighted by Crippen LogP contribution is 2.41. The molecular formula is C29H33ClF3N7O4S. The number of benzene rings is 2. The summed E-state index contributed by atoms with van der Waals surface area (Å²) in [6, 6.07) is 8.66.